The molecule has 0 aromatic heterocycles. The van der Waals surface area contributed by atoms with Crippen molar-refractivity contribution in [1.29, 1.82) is 0 Å². The molecule has 1 fully saturated rings. The lowest BCUT2D eigenvalue weighted by Crippen LogP contribution is -2.53. The Hall–Kier alpha value is -1.18. The Labute approximate surface area is 125 Å². The first kappa shape index (κ1) is 14.7. The normalized spacial score (nSPS) is 30.0. The molecule has 6 heteroatoms. The molecule has 1 aliphatic heterocycles. The largest absolute Gasteiger partial charge is 0.388 e. The standard InChI is InChI=1S/C15H23NO5/c1-16-11-5-9(7-20-2)3-4-10(11)6-13-15(19)14(18)12(17)8-21-13/h3-5,12-19H,6-8H2,1-2H3/i2D. The van der Waals surface area contributed by atoms with Gasteiger partial charge in [0.05, 0.1) is 20.7 Å². The average molecular weight is 298 g/mol. The Morgan fingerprint density at radius 3 is 2.90 bits per heavy atom. The van der Waals surface area contributed by atoms with Gasteiger partial charge in [0.25, 0.3) is 0 Å². The number of aliphatic hydroxyl groups is 3. The summed E-state index contributed by atoms with van der Waals surface area (Å²) in [5.74, 6) is 0. The smallest absolute Gasteiger partial charge is 0.111 e. The van der Waals surface area contributed by atoms with Crippen LogP contribution in [-0.2, 0) is 22.5 Å². The lowest BCUT2D eigenvalue weighted by atomic mass is 9.94. The molecule has 2 rings (SSSR count). The molecule has 1 aliphatic rings. The second-order valence-electron chi connectivity index (χ2n) is 5.21. The van der Waals surface area contributed by atoms with Crippen LogP contribution in [-0.4, -0.2) is 60.5 Å². The van der Waals surface area contributed by atoms with Crippen molar-refractivity contribution >= 4 is 5.69 Å². The van der Waals surface area contributed by atoms with Gasteiger partial charge in [-0.25, -0.2) is 0 Å². The lowest BCUT2D eigenvalue weighted by Gasteiger charge is -2.35. The molecule has 1 heterocycles. The van der Waals surface area contributed by atoms with Gasteiger partial charge in [0.2, 0.25) is 0 Å². The number of aliphatic hydroxyl groups excluding tert-OH is 3. The molecule has 0 amide bonds. The van der Waals surface area contributed by atoms with Gasteiger partial charge < -0.3 is 30.1 Å². The van der Waals surface area contributed by atoms with E-state index in [2.05, 4.69) is 5.32 Å². The van der Waals surface area contributed by atoms with E-state index in [0.717, 1.165) is 16.8 Å². The summed E-state index contributed by atoms with van der Waals surface area (Å²) in [6.45, 7) is 0.374. The van der Waals surface area contributed by atoms with Crippen LogP contribution in [0.1, 0.15) is 12.5 Å². The van der Waals surface area contributed by atoms with E-state index in [9.17, 15) is 15.3 Å². The SMILES string of the molecule is [2H]COCc1ccc(CC2OCC(O)C(O)C2O)c(NC)c1. The third-order valence-corrected chi connectivity index (χ3v) is 3.74. The Morgan fingerprint density at radius 2 is 2.19 bits per heavy atom. The van der Waals surface area contributed by atoms with Crippen LogP contribution in [0.4, 0.5) is 5.69 Å². The summed E-state index contributed by atoms with van der Waals surface area (Å²) in [4.78, 5) is 0. The molecule has 0 saturated carbocycles. The fourth-order valence-corrected chi connectivity index (χ4v) is 2.51. The van der Waals surface area contributed by atoms with E-state index >= 15 is 0 Å². The second kappa shape index (κ2) is 7.20. The van der Waals surface area contributed by atoms with E-state index in [1.54, 1.807) is 7.05 Å². The Bertz CT molecular complexity index is 487. The number of rotatable bonds is 5. The first-order valence-electron chi connectivity index (χ1n) is 7.60. The van der Waals surface area contributed by atoms with Gasteiger partial charge in [0, 0.05) is 26.2 Å². The fourth-order valence-electron chi connectivity index (χ4n) is 2.51. The summed E-state index contributed by atoms with van der Waals surface area (Å²) >= 11 is 0. The monoisotopic (exact) mass is 298 g/mol. The molecule has 4 N–H and O–H groups in total. The Kier molecular flexibility index (Phi) is 5.05. The topological polar surface area (TPSA) is 91.2 Å². The third-order valence-electron chi connectivity index (χ3n) is 3.74. The predicted molar refractivity (Wildman–Crippen MR) is 78.2 cm³/mol. The quantitative estimate of drug-likeness (QED) is 0.607. The molecule has 0 aliphatic carbocycles. The van der Waals surface area contributed by atoms with Crippen molar-refractivity contribution in [3.8, 4) is 0 Å². The number of hydrogen-bond acceptors (Lipinski definition) is 6. The highest BCUT2D eigenvalue weighted by atomic mass is 16.5. The molecule has 0 radical (unpaired) electrons. The number of hydrogen-bond donors (Lipinski definition) is 4. The summed E-state index contributed by atoms with van der Waals surface area (Å²) in [6, 6.07) is 5.72. The molecule has 1 aromatic rings. The molecule has 0 bridgehead atoms. The molecular weight excluding hydrogens is 274 g/mol. The minimum absolute atomic E-state index is 0.00715. The van der Waals surface area contributed by atoms with Crippen molar-refractivity contribution in [2.75, 3.05) is 26.1 Å². The number of benzene rings is 1. The molecule has 4 unspecified atom stereocenters. The maximum Gasteiger partial charge on any atom is 0.111 e. The number of methoxy groups -OCH3 is 1. The zero-order valence-corrected chi connectivity index (χ0v) is 12.0. The fraction of sp³-hybridized carbons (Fsp3) is 0.600. The van der Waals surface area contributed by atoms with Gasteiger partial charge >= 0.3 is 0 Å². The Balaban J connectivity index is 2.08. The minimum Gasteiger partial charge on any atom is -0.388 e. The van der Waals surface area contributed by atoms with E-state index in [4.69, 9.17) is 10.8 Å². The van der Waals surface area contributed by atoms with Crippen LogP contribution in [0, 0.1) is 0 Å². The van der Waals surface area contributed by atoms with E-state index in [1.165, 1.54) is 0 Å². The van der Waals surface area contributed by atoms with Gasteiger partial charge in [-0.1, -0.05) is 12.1 Å². The molecular formula is C15H23NO5. The lowest BCUT2D eigenvalue weighted by molar-refractivity contribution is -0.186. The van der Waals surface area contributed by atoms with E-state index in [0.29, 0.717) is 13.0 Å². The van der Waals surface area contributed by atoms with Gasteiger partial charge in [0.1, 0.15) is 18.3 Å². The van der Waals surface area contributed by atoms with Crippen LogP contribution >= 0.6 is 0 Å². The maximum atomic E-state index is 10.0. The highest BCUT2D eigenvalue weighted by Crippen LogP contribution is 2.24. The van der Waals surface area contributed by atoms with Crippen LogP contribution in [0.2, 0.25) is 0 Å². The van der Waals surface area contributed by atoms with Gasteiger partial charge in [0.15, 0.2) is 0 Å². The van der Waals surface area contributed by atoms with Crippen LogP contribution < -0.4 is 5.32 Å². The zero-order chi connectivity index (χ0) is 16.1. The second-order valence-corrected chi connectivity index (χ2v) is 5.21. The highest BCUT2D eigenvalue weighted by Gasteiger charge is 2.37. The van der Waals surface area contributed by atoms with E-state index < -0.39 is 24.4 Å². The van der Waals surface area contributed by atoms with Crippen LogP contribution in [0.5, 0.6) is 0 Å². The summed E-state index contributed by atoms with van der Waals surface area (Å²) in [5, 5.41) is 32.3. The number of ether oxygens (including phenoxy) is 2. The number of nitrogens with one attached hydrogen (secondary N) is 1. The highest BCUT2D eigenvalue weighted by molar-refractivity contribution is 5.53. The van der Waals surface area contributed by atoms with Crippen molar-refractivity contribution in [2.24, 2.45) is 0 Å². The predicted octanol–water partition coefficient (Wildman–Crippen LogP) is -0.101. The Morgan fingerprint density at radius 1 is 1.38 bits per heavy atom. The van der Waals surface area contributed by atoms with Gasteiger partial charge in [-0.2, -0.15) is 0 Å². The molecule has 0 spiro atoms. The van der Waals surface area contributed by atoms with Crippen molar-refractivity contribution in [3.63, 3.8) is 0 Å². The molecule has 21 heavy (non-hydrogen) atoms. The molecule has 118 valence electrons. The molecule has 6 nitrogen and oxygen atoms in total. The number of anilines is 1. The summed E-state index contributed by atoms with van der Waals surface area (Å²) in [7, 11) is 1.71. The summed E-state index contributed by atoms with van der Waals surface area (Å²) in [6.07, 6.45) is -3.53. The minimum atomic E-state index is -1.19. The van der Waals surface area contributed by atoms with Crippen molar-refractivity contribution in [3.05, 3.63) is 29.3 Å². The van der Waals surface area contributed by atoms with Crippen LogP contribution in [0.25, 0.3) is 0 Å². The van der Waals surface area contributed by atoms with Crippen molar-refractivity contribution in [2.45, 2.75) is 37.4 Å². The first-order chi connectivity index (χ1) is 10.6. The first-order valence-corrected chi connectivity index (χ1v) is 6.89. The van der Waals surface area contributed by atoms with Gasteiger partial charge in [-0.3, -0.25) is 0 Å². The van der Waals surface area contributed by atoms with E-state index in [-0.39, 0.29) is 13.7 Å². The van der Waals surface area contributed by atoms with Gasteiger partial charge in [-0.05, 0) is 17.2 Å². The molecule has 4 atom stereocenters. The maximum absolute atomic E-state index is 10.0. The third kappa shape index (κ3) is 3.72. The van der Waals surface area contributed by atoms with E-state index in [1.807, 2.05) is 18.2 Å². The van der Waals surface area contributed by atoms with Crippen molar-refractivity contribution < 1.29 is 26.2 Å². The van der Waals surface area contributed by atoms with Gasteiger partial charge in [-0.15, -0.1) is 0 Å². The van der Waals surface area contributed by atoms with Crippen LogP contribution in [0.3, 0.4) is 0 Å². The van der Waals surface area contributed by atoms with Crippen LogP contribution in [0.15, 0.2) is 18.2 Å². The molecule has 1 aromatic carbocycles. The summed E-state index contributed by atoms with van der Waals surface area (Å²) < 4.78 is 17.5. The van der Waals surface area contributed by atoms with Crippen molar-refractivity contribution in [1.82, 2.24) is 0 Å². The zero-order valence-electron chi connectivity index (χ0n) is 13.0. The molecule has 1 saturated heterocycles. The average Bonchev–Trinajstić information content (AvgIpc) is 2.54. The summed E-state index contributed by atoms with van der Waals surface area (Å²) in [5.41, 5.74) is 2.76.